The average Bonchev–Trinajstić information content (AvgIpc) is 2.25. The summed E-state index contributed by atoms with van der Waals surface area (Å²) in [6.45, 7) is 3.62. The standard InChI is InChI=1S/C12H16FNO/c1-3-4-5-11(14)9-6-7-12(15-2)10(13)8-9/h3,6-8,11H,1,4-5,14H2,2H3. The molecule has 3 heteroatoms. The number of methoxy groups -OCH3 is 1. The summed E-state index contributed by atoms with van der Waals surface area (Å²) >= 11 is 0. The molecule has 0 aromatic heterocycles. The van der Waals surface area contributed by atoms with Gasteiger partial charge in [0.25, 0.3) is 0 Å². The number of halogens is 1. The Morgan fingerprint density at radius 1 is 1.60 bits per heavy atom. The summed E-state index contributed by atoms with van der Waals surface area (Å²) in [6, 6.07) is 4.66. The maximum Gasteiger partial charge on any atom is 0.165 e. The van der Waals surface area contributed by atoms with E-state index in [1.165, 1.54) is 13.2 Å². The lowest BCUT2D eigenvalue weighted by Gasteiger charge is -2.11. The molecule has 15 heavy (non-hydrogen) atoms. The monoisotopic (exact) mass is 209 g/mol. The van der Waals surface area contributed by atoms with Crippen molar-refractivity contribution in [2.24, 2.45) is 5.73 Å². The van der Waals surface area contributed by atoms with Crippen molar-refractivity contribution in [3.05, 3.63) is 42.2 Å². The van der Waals surface area contributed by atoms with Gasteiger partial charge in [0.15, 0.2) is 11.6 Å². The fraction of sp³-hybridized carbons (Fsp3) is 0.333. The molecule has 2 N–H and O–H groups in total. The van der Waals surface area contributed by atoms with Crippen LogP contribution in [0.5, 0.6) is 5.75 Å². The van der Waals surface area contributed by atoms with Gasteiger partial charge in [-0.15, -0.1) is 6.58 Å². The van der Waals surface area contributed by atoms with Crippen LogP contribution in [0.2, 0.25) is 0 Å². The fourth-order valence-corrected chi connectivity index (χ4v) is 1.38. The predicted octanol–water partition coefficient (Wildman–Crippen LogP) is 2.80. The second-order valence-electron chi connectivity index (χ2n) is 3.37. The number of rotatable bonds is 5. The summed E-state index contributed by atoms with van der Waals surface area (Å²) in [4.78, 5) is 0. The first-order valence-electron chi connectivity index (χ1n) is 4.89. The molecule has 0 heterocycles. The zero-order valence-electron chi connectivity index (χ0n) is 8.87. The molecule has 0 bridgehead atoms. The molecule has 0 saturated carbocycles. The summed E-state index contributed by atoms with van der Waals surface area (Å²) < 4.78 is 18.2. The fourth-order valence-electron chi connectivity index (χ4n) is 1.38. The number of hydrogen-bond donors (Lipinski definition) is 1. The molecular formula is C12H16FNO. The predicted molar refractivity (Wildman–Crippen MR) is 59.3 cm³/mol. The van der Waals surface area contributed by atoms with Gasteiger partial charge in [-0.2, -0.15) is 0 Å². The van der Waals surface area contributed by atoms with Crippen LogP contribution in [0, 0.1) is 5.82 Å². The normalized spacial score (nSPS) is 12.2. The van der Waals surface area contributed by atoms with Gasteiger partial charge >= 0.3 is 0 Å². The minimum atomic E-state index is -0.371. The van der Waals surface area contributed by atoms with Crippen LogP contribution >= 0.6 is 0 Å². The van der Waals surface area contributed by atoms with Crippen molar-refractivity contribution < 1.29 is 9.13 Å². The zero-order valence-corrected chi connectivity index (χ0v) is 8.87. The first kappa shape index (κ1) is 11.7. The lowest BCUT2D eigenvalue weighted by atomic mass is 10.0. The second-order valence-corrected chi connectivity index (χ2v) is 3.37. The van der Waals surface area contributed by atoms with Crippen molar-refractivity contribution >= 4 is 0 Å². The Labute approximate surface area is 89.6 Å². The first-order chi connectivity index (χ1) is 7.19. The largest absolute Gasteiger partial charge is 0.494 e. The maximum atomic E-state index is 13.3. The molecule has 1 unspecified atom stereocenters. The van der Waals surface area contributed by atoms with Crippen LogP contribution in [-0.4, -0.2) is 7.11 Å². The molecule has 1 atom stereocenters. The number of allylic oxidation sites excluding steroid dienone is 1. The van der Waals surface area contributed by atoms with Gasteiger partial charge in [-0.25, -0.2) is 4.39 Å². The lowest BCUT2D eigenvalue weighted by molar-refractivity contribution is 0.385. The van der Waals surface area contributed by atoms with Crippen LogP contribution in [0.25, 0.3) is 0 Å². The van der Waals surface area contributed by atoms with E-state index >= 15 is 0 Å². The Kier molecular flexibility index (Phi) is 4.31. The van der Waals surface area contributed by atoms with E-state index in [1.54, 1.807) is 18.2 Å². The number of ether oxygens (including phenoxy) is 1. The highest BCUT2D eigenvalue weighted by Crippen LogP contribution is 2.22. The summed E-state index contributed by atoms with van der Waals surface area (Å²) in [7, 11) is 1.44. The molecule has 0 aliphatic heterocycles. The maximum absolute atomic E-state index is 13.3. The molecule has 1 rings (SSSR count). The Morgan fingerprint density at radius 3 is 2.87 bits per heavy atom. The Bertz CT molecular complexity index is 338. The topological polar surface area (TPSA) is 35.2 Å². The van der Waals surface area contributed by atoms with Crippen LogP contribution in [0.4, 0.5) is 4.39 Å². The van der Waals surface area contributed by atoms with E-state index in [9.17, 15) is 4.39 Å². The van der Waals surface area contributed by atoms with Crippen LogP contribution in [-0.2, 0) is 0 Å². The molecule has 0 amide bonds. The van der Waals surface area contributed by atoms with E-state index in [-0.39, 0.29) is 17.6 Å². The Morgan fingerprint density at radius 2 is 2.33 bits per heavy atom. The van der Waals surface area contributed by atoms with Crippen LogP contribution in [0.15, 0.2) is 30.9 Å². The van der Waals surface area contributed by atoms with Gasteiger partial charge in [0.05, 0.1) is 7.11 Å². The Hall–Kier alpha value is -1.35. The van der Waals surface area contributed by atoms with Crippen LogP contribution in [0.3, 0.4) is 0 Å². The summed E-state index contributed by atoms with van der Waals surface area (Å²) in [5.74, 6) is -0.126. The van der Waals surface area contributed by atoms with Gasteiger partial charge in [-0.1, -0.05) is 12.1 Å². The molecule has 0 aliphatic carbocycles. The van der Waals surface area contributed by atoms with Crippen molar-refractivity contribution in [3.8, 4) is 5.75 Å². The second kappa shape index (κ2) is 5.51. The van der Waals surface area contributed by atoms with E-state index in [4.69, 9.17) is 10.5 Å². The van der Waals surface area contributed by atoms with E-state index in [0.717, 1.165) is 18.4 Å². The van der Waals surface area contributed by atoms with Gasteiger partial charge in [-0.3, -0.25) is 0 Å². The molecule has 0 aliphatic rings. The highest BCUT2D eigenvalue weighted by molar-refractivity contribution is 5.30. The van der Waals surface area contributed by atoms with Crippen molar-refractivity contribution in [1.29, 1.82) is 0 Å². The van der Waals surface area contributed by atoms with Crippen molar-refractivity contribution in [2.45, 2.75) is 18.9 Å². The third-order valence-electron chi connectivity index (χ3n) is 2.29. The molecule has 82 valence electrons. The van der Waals surface area contributed by atoms with Gasteiger partial charge < -0.3 is 10.5 Å². The van der Waals surface area contributed by atoms with E-state index in [1.807, 2.05) is 0 Å². The molecule has 1 aromatic rings. The summed E-state index contributed by atoms with van der Waals surface area (Å²) in [5.41, 5.74) is 6.67. The van der Waals surface area contributed by atoms with Crippen molar-refractivity contribution in [2.75, 3.05) is 7.11 Å². The SMILES string of the molecule is C=CCCC(N)c1ccc(OC)c(F)c1. The minimum absolute atomic E-state index is 0.150. The molecule has 0 fully saturated rings. The quantitative estimate of drug-likeness (QED) is 0.757. The Balaban J connectivity index is 2.77. The number of nitrogens with two attached hydrogens (primary N) is 1. The molecule has 2 nitrogen and oxygen atoms in total. The lowest BCUT2D eigenvalue weighted by Crippen LogP contribution is -2.10. The van der Waals surface area contributed by atoms with Crippen LogP contribution in [0.1, 0.15) is 24.4 Å². The molecule has 1 aromatic carbocycles. The molecule has 0 radical (unpaired) electrons. The smallest absolute Gasteiger partial charge is 0.165 e. The van der Waals surface area contributed by atoms with Crippen molar-refractivity contribution in [1.82, 2.24) is 0 Å². The van der Waals surface area contributed by atoms with E-state index in [0.29, 0.717) is 0 Å². The average molecular weight is 209 g/mol. The van der Waals surface area contributed by atoms with E-state index in [2.05, 4.69) is 6.58 Å². The van der Waals surface area contributed by atoms with Gasteiger partial charge in [0.2, 0.25) is 0 Å². The number of benzene rings is 1. The molecular weight excluding hydrogens is 193 g/mol. The van der Waals surface area contributed by atoms with E-state index < -0.39 is 0 Å². The minimum Gasteiger partial charge on any atom is -0.494 e. The third kappa shape index (κ3) is 3.06. The van der Waals surface area contributed by atoms with Crippen LogP contribution < -0.4 is 10.5 Å². The third-order valence-corrected chi connectivity index (χ3v) is 2.29. The number of hydrogen-bond acceptors (Lipinski definition) is 2. The van der Waals surface area contributed by atoms with Crippen molar-refractivity contribution in [3.63, 3.8) is 0 Å². The highest BCUT2D eigenvalue weighted by atomic mass is 19.1. The molecule has 0 saturated heterocycles. The van der Waals surface area contributed by atoms with Gasteiger partial charge in [-0.05, 0) is 30.5 Å². The highest BCUT2D eigenvalue weighted by Gasteiger charge is 2.08. The molecule has 0 spiro atoms. The van der Waals surface area contributed by atoms with Gasteiger partial charge in [0.1, 0.15) is 0 Å². The van der Waals surface area contributed by atoms with Gasteiger partial charge in [0, 0.05) is 6.04 Å². The summed E-state index contributed by atoms with van der Waals surface area (Å²) in [6.07, 6.45) is 3.41. The first-order valence-corrected chi connectivity index (χ1v) is 4.89. The zero-order chi connectivity index (χ0) is 11.3. The summed E-state index contributed by atoms with van der Waals surface area (Å²) in [5, 5.41) is 0.